The van der Waals surface area contributed by atoms with Crippen LogP contribution in [0, 0.1) is 0 Å². The fraction of sp³-hybridized carbons (Fsp3) is 0.0833. The third-order valence-corrected chi connectivity index (χ3v) is 2.69. The summed E-state index contributed by atoms with van der Waals surface area (Å²) in [5.41, 5.74) is 6.57. The van der Waals surface area contributed by atoms with E-state index in [4.69, 9.17) is 5.73 Å². The van der Waals surface area contributed by atoms with Gasteiger partial charge in [0.25, 0.3) is 0 Å². The standard InChI is InChI=1S/C12H12N2S.HI/c1-15-12(13)14-11-7-6-9-4-2-3-5-10(9)8-11;/h2-8H,1H3,(H2,13,14);1H. The highest BCUT2D eigenvalue weighted by molar-refractivity contribution is 14.0. The lowest BCUT2D eigenvalue weighted by Crippen LogP contribution is -2.03. The van der Waals surface area contributed by atoms with Crippen LogP contribution in [0.2, 0.25) is 0 Å². The maximum Gasteiger partial charge on any atom is 0.158 e. The molecule has 0 spiro atoms. The Bertz CT molecular complexity index is 511. The van der Waals surface area contributed by atoms with E-state index in [0.717, 1.165) is 5.69 Å². The van der Waals surface area contributed by atoms with Gasteiger partial charge in [-0.3, -0.25) is 0 Å². The van der Waals surface area contributed by atoms with Crippen molar-refractivity contribution in [3.8, 4) is 0 Å². The molecule has 0 atom stereocenters. The van der Waals surface area contributed by atoms with Gasteiger partial charge in [-0.05, 0) is 29.2 Å². The van der Waals surface area contributed by atoms with E-state index in [0.29, 0.717) is 5.17 Å². The molecule has 0 aliphatic carbocycles. The van der Waals surface area contributed by atoms with Crippen LogP contribution in [0.25, 0.3) is 10.8 Å². The number of hydrogen-bond acceptors (Lipinski definition) is 2. The lowest BCUT2D eigenvalue weighted by molar-refractivity contribution is 1.53. The predicted octanol–water partition coefficient (Wildman–Crippen LogP) is 3.77. The molecule has 0 unspecified atom stereocenters. The summed E-state index contributed by atoms with van der Waals surface area (Å²) in [4.78, 5) is 4.29. The minimum atomic E-state index is 0. The Morgan fingerprint density at radius 1 is 1.12 bits per heavy atom. The Kier molecular flexibility index (Phi) is 5.08. The molecule has 0 radical (unpaired) electrons. The van der Waals surface area contributed by atoms with Gasteiger partial charge in [-0.1, -0.05) is 42.1 Å². The first-order valence-corrected chi connectivity index (χ1v) is 5.89. The van der Waals surface area contributed by atoms with Crippen molar-refractivity contribution in [2.75, 3.05) is 6.26 Å². The Morgan fingerprint density at radius 2 is 1.81 bits per heavy atom. The van der Waals surface area contributed by atoms with Crippen molar-refractivity contribution in [1.29, 1.82) is 0 Å². The second-order valence-electron chi connectivity index (χ2n) is 3.19. The average Bonchev–Trinajstić information content (AvgIpc) is 2.29. The Morgan fingerprint density at radius 3 is 2.50 bits per heavy atom. The monoisotopic (exact) mass is 344 g/mol. The van der Waals surface area contributed by atoms with Crippen LogP contribution < -0.4 is 5.73 Å². The molecule has 2 nitrogen and oxygen atoms in total. The molecule has 0 bridgehead atoms. The number of hydrogen-bond donors (Lipinski definition) is 1. The smallest absolute Gasteiger partial charge is 0.158 e. The second-order valence-corrected chi connectivity index (χ2v) is 4.01. The minimum Gasteiger partial charge on any atom is -0.378 e. The van der Waals surface area contributed by atoms with E-state index in [1.807, 2.05) is 30.5 Å². The first-order chi connectivity index (χ1) is 7.29. The van der Waals surface area contributed by atoms with Crippen molar-refractivity contribution in [2.24, 2.45) is 10.7 Å². The van der Waals surface area contributed by atoms with Crippen LogP contribution >= 0.6 is 35.7 Å². The van der Waals surface area contributed by atoms with E-state index in [-0.39, 0.29) is 24.0 Å². The van der Waals surface area contributed by atoms with Crippen LogP contribution in [0.1, 0.15) is 0 Å². The van der Waals surface area contributed by atoms with Gasteiger partial charge < -0.3 is 5.73 Å². The zero-order valence-electron chi connectivity index (χ0n) is 8.88. The second kappa shape index (κ2) is 6.10. The first kappa shape index (κ1) is 13.3. The van der Waals surface area contributed by atoms with Crippen LogP contribution in [0.4, 0.5) is 5.69 Å². The van der Waals surface area contributed by atoms with Gasteiger partial charge in [0.05, 0.1) is 5.69 Å². The Hall–Kier alpha value is -0.750. The van der Waals surface area contributed by atoms with Crippen LogP contribution in [0.3, 0.4) is 0 Å². The SMILES string of the molecule is CSC(N)=Nc1ccc2ccccc2c1.I. The van der Waals surface area contributed by atoms with Gasteiger partial charge in [-0.25, -0.2) is 4.99 Å². The summed E-state index contributed by atoms with van der Waals surface area (Å²) in [7, 11) is 0. The quantitative estimate of drug-likeness (QED) is 0.486. The highest BCUT2D eigenvalue weighted by Gasteiger charge is 1.95. The molecule has 2 aromatic carbocycles. The van der Waals surface area contributed by atoms with E-state index < -0.39 is 0 Å². The van der Waals surface area contributed by atoms with E-state index in [9.17, 15) is 0 Å². The molecule has 2 rings (SSSR count). The fourth-order valence-electron chi connectivity index (χ4n) is 1.42. The molecule has 2 N–H and O–H groups in total. The van der Waals surface area contributed by atoms with Gasteiger partial charge in [-0.15, -0.1) is 24.0 Å². The van der Waals surface area contributed by atoms with Crippen LogP contribution in [0.5, 0.6) is 0 Å². The number of nitrogens with two attached hydrogens (primary N) is 1. The molecule has 4 heteroatoms. The molecule has 0 aromatic heterocycles. The lowest BCUT2D eigenvalue weighted by Gasteiger charge is -2.00. The normalized spacial score (nSPS) is 11.2. The van der Waals surface area contributed by atoms with Crippen molar-refractivity contribution in [2.45, 2.75) is 0 Å². The molecule has 0 saturated carbocycles. The summed E-state index contributed by atoms with van der Waals surface area (Å²) in [5, 5.41) is 3.00. The number of rotatable bonds is 1. The van der Waals surface area contributed by atoms with Crippen LogP contribution in [-0.2, 0) is 0 Å². The molecule has 0 amide bonds. The number of aliphatic imine (C=N–C) groups is 1. The van der Waals surface area contributed by atoms with E-state index in [1.165, 1.54) is 22.5 Å². The lowest BCUT2D eigenvalue weighted by atomic mass is 10.1. The molecule has 2 aromatic rings. The minimum absolute atomic E-state index is 0. The molecule has 84 valence electrons. The van der Waals surface area contributed by atoms with Crippen molar-refractivity contribution in [1.82, 2.24) is 0 Å². The first-order valence-electron chi connectivity index (χ1n) is 4.66. The van der Waals surface area contributed by atoms with E-state index in [2.05, 4.69) is 23.2 Å². The van der Waals surface area contributed by atoms with Crippen LogP contribution in [0.15, 0.2) is 47.5 Å². The van der Waals surface area contributed by atoms with Gasteiger partial charge >= 0.3 is 0 Å². The summed E-state index contributed by atoms with van der Waals surface area (Å²) < 4.78 is 0. The van der Waals surface area contributed by atoms with Gasteiger partial charge in [0.15, 0.2) is 5.17 Å². The topological polar surface area (TPSA) is 38.4 Å². The summed E-state index contributed by atoms with van der Waals surface area (Å²) >= 11 is 1.45. The molecule has 0 aliphatic rings. The number of nitrogens with zero attached hydrogens (tertiary/aromatic N) is 1. The molecular weight excluding hydrogens is 331 g/mol. The van der Waals surface area contributed by atoms with Crippen molar-refractivity contribution in [3.05, 3.63) is 42.5 Å². The van der Waals surface area contributed by atoms with Crippen molar-refractivity contribution < 1.29 is 0 Å². The maximum absolute atomic E-state index is 5.66. The fourth-order valence-corrected chi connectivity index (χ4v) is 1.62. The van der Waals surface area contributed by atoms with Gasteiger partial charge in [-0.2, -0.15) is 0 Å². The largest absolute Gasteiger partial charge is 0.378 e. The molecule has 16 heavy (non-hydrogen) atoms. The van der Waals surface area contributed by atoms with Gasteiger partial charge in [0.2, 0.25) is 0 Å². The molecular formula is C12H13IN2S. The van der Waals surface area contributed by atoms with Crippen molar-refractivity contribution in [3.63, 3.8) is 0 Å². The molecule has 0 saturated heterocycles. The summed E-state index contributed by atoms with van der Waals surface area (Å²) in [6, 6.07) is 14.3. The third kappa shape index (κ3) is 3.12. The summed E-state index contributed by atoms with van der Waals surface area (Å²) in [6.07, 6.45) is 1.92. The number of benzene rings is 2. The Labute approximate surface area is 116 Å². The highest BCUT2D eigenvalue weighted by atomic mass is 127. The number of amidine groups is 1. The van der Waals surface area contributed by atoms with E-state index >= 15 is 0 Å². The van der Waals surface area contributed by atoms with Crippen molar-refractivity contribution >= 4 is 57.4 Å². The third-order valence-electron chi connectivity index (χ3n) is 2.18. The molecule has 0 fully saturated rings. The summed E-state index contributed by atoms with van der Waals surface area (Å²) in [5.74, 6) is 0. The summed E-state index contributed by atoms with van der Waals surface area (Å²) in [6.45, 7) is 0. The molecule has 0 aliphatic heterocycles. The van der Waals surface area contributed by atoms with Crippen LogP contribution in [-0.4, -0.2) is 11.4 Å². The Balaban J connectivity index is 0.00000128. The molecule has 0 heterocycles. The number of thioether (sulfide) groups is 1. The van der Waals surface area contributed by atoms with Gasteiger partial charge in [0.1, 0.15) is 0 Å². The zero-order valence-corrected chi connectivity index (χ0v) is 12.0. The predicted molar refractivity (Wildman–Crippen MR) is 84.2 cm³/mol. The van der Waals surface area contributed by atoms with E-state index in [1.54, 1.807) is 0 Å². The zero-order chi connectivity index (χ0) is 10.7. The highest BCUT2D eigenvalue weighted by Crippen LogP contribution is 2.21. The van der Waals surface area contributed by atoms with Gasteiger partial charge in [0, 0.05) is 0 Å². The number of halogens is 1. The number of fused-ring (bicyclic) bond motifs is 1. The average molecular weight is 344 g/mol. The maximum atomic E-state index is 5.66.